The number of hydrogen-bond donors (Lipinski definition) is 4. The number of amides is 1. The summed E-state index contributed by atoms with van der Waals surface area (Å²) in [5.41, 5.74) is 4.95. The van der Waals surface area contributed by atoms with E-state index in [2.05, 4.69) is 10.3 Å². The molecule has 7 heteroatoms. The normalized spacial score (nSPS) is 12.8. The van der Waals surface area contributed by atoms with E-state index in [-0.39, 0.29) is 18.4 Å². The Kier molecular flexibility index (Phi) is 7.93. The van der Waals surface area contributed by atoms with E-state index in [1.54, 1.807) is 26.4 Å². The van der Waals surface area contributed by atoms with Crippen molar-refractivity contribution in [1.82, 2.24) is 10.3 Å². The molecule has 1 unspecified atom stereocenters. The summed E-state index contributed by atoms with van der Waals surface area (Å²) < 4.78 is 10.8. The summed E-state index contributed by atoms with van der Waals surface area (Å²) >= 11 is 0. The van der Waals surface area contributed by atoms with Crippen molar-refractivity contribution in [2.45, 2.75) is 31.9 Å². The zero-order valence-corrected chi connectivity index (χ0v) is 20.7. The Bertz CT molecular complexity index is 1350. The number of aryl methyl sites for hydroxylation is 1. The fourth-order valence-electron chi connectivity index (χ4n) is 4.42. The highest BCUT2D eigenvalue weighted by Crippen LogP contribution is 2.33. The molecule has 4 N–H and O–H groups in total. The predicted molar refractivity (Wildman–Crippen MR) is 141 cm³/mol. The van der Waals surface area contributed by atoms with Crippen LogP contribution in [0.15, 0.2) is 66.9 Å². The number of aliphatic hydroxyl groups excluding tert-OH is 2. The molecular weight excluding hydrogens is 456 g/mol. The highest BCUT2D eigenvalue weighted by molar-refractivity contribution is 5.96. The summed E-state index contributed by atoms with van der Waals surface area (Å²) in [6.45, 7) is 1.94. The van der Waals surface area contributed by atoms with Gasteiger partial charge >= 0.3 is 0 Å². The first-order chi connectivity index (χ1) is 17.4. The number of carbonyl (C=O) groups excluding carboxylic acids is 1. The Morgan fingerprint density at radius 3 is 2.53 bits per heavy atom. The standard InChI is InChI=1S/C29H32N2O5/c1-18(24-17-30-25-9-5-4-8-23(24)25)28(33)31-29(34)22-14-19(7-6-12-32)13-21(15-22)20-10-11-26(35-2)27(16-20)36-3/h4-5,8-11,13-18,28,30,32-33H,6-7,12H2,1-3H3,(H,31,34)/t18?,28-/m1/s1. The summed E-state index contributed by atoms with van der Waals surface area (Å²) in [4.78, 5) is 16.5. The van der Waals surface area contributed by atoms with Gasteiger partial charge < -0.3 is 30.0 Å². The van der Waals surface area contributed by atoms with Gasteiger partial charge in [0.1, 0.15) is 6.23 Å². The summed E-state index contributed by atoms with van der Waals surface area (Å²) in [5, 5.41) is 24.0. The molecule has 3 aromatic carbocycles. The number of fused-ring (bicyclic) bond motifs is 1. The van der Waals surface area contributed by atoms with Crippen molar-refractivity contribution in [1.29, 1.82) is 0 Å². The Morgan fingerprint density at radius 1 is 1.00 bits per heavy atom. The highest BCUT2D eigenvalue weighted by atomic mass is 16.5. The van der Waals surface area contributed by atoms with Crippen LogP contribution < -0.4 is 14.8 Å². The molecule has 0 spiro atoms. The van der Waals surface area contributed by atoms with Crippen molar-refractivity contribution >= 4 is 16.8 Å². The van der Waals surface area contributed by atoms with Gasteiger partial charge in [0.25, 0.3) is 5.91 Å². The molecule has 1 amide bonds. The van der Waals surface area contributed by atoms with Crippen molar-refractivity contribution in [2.75, 3.05) is 20.8 Å². The molecular formula is C29H32N2O5. The van der Waals surface area contributed by atoms with Gasteiger partial charge in [-0.25, -0.2) is 0 Å². The van der Waals surface area contributed by atoms with Gasteiger partial charge in [-0.05, 0) is 65.4 Å². The smallest absolute Gasteiger partial charge is 0.253 e. The SMILES string of the molecule is COc1ccc(-c2cc(CCCO)cc(C(=O)N[C@H](O)C(C)c3c[nH]c4ccccc34)c2)cc1OC. The molecule has 4 rings (SSSR count). The molecule has 188 valence electrons. The number of para-hydroxylation sites is 1. The minimum Gasteiger partial charge on any atom is -0.493 e. The Balaban J connectivity index is 1.61. The van der Waals surface area contributed by atoms with E-state index in [1.807, 2.05) is 61.7 Å². The molecule has 0 aliphatic rings. The summed E-state index contributed by atoms with van der Waals surface area (Å²) in [7, 11) is 3.16. The summed E-state index contributed by atoms with van der Waals surface area (Å²) in [5.74, 6) is 0.504. The second-order valence-corrected chi connectivity index (χ2v) is 8.81. The fourth-order valence-corrected chi connectivity index (χ4v) is 4.42. The van der Waals surface area contributed by atoms with Gasteiger partial charge in [-0.2, -0.15) is 0 Å². The molecule has 1 heterocycles. The van der Waals surface area contributed by atoms with Crippen LogP contribution in [0.4, 0.5) is 0 Å². The second-order valence-electron chi connectivity index (χ2n) is 8.81. The molecule has 0 fully saturated rings. The third-order valence-electron chi connectivity index (χ3n) is 6.46. The number of aromatic amines is 1. The maximum atomic E-state index is 13.3. The first-order valence-electron chi connectivity index (χ1n) is 12.0. The molecule has 7 nitrogen and oxygen atoms in total. The van der Waals surface area contributed by atoms with E-state index in [1.165, 1.54) is 0 Å². The van der Waals surface area contributed by atoms with Gasteiger partial charge in [0.2, 0.25) is 0 Å². The van der Waals surface area contributed by atoms with E-state index in [9.17, 15) is 15.0 Å². The van der Waals surface area contributed by atoms with Crippen molar-refractivity contribution in [3.05, 3.63) is 83.6 Å². The van der Waals surface area contributed by atoms with Gasteiger partial charge in [0.05, 0.1) is 14.2 Å². The number of hydrogen-bond acceptors (Lipinski definition) is 5. The van der Waals surface area contributed by atoms with Crippen LogP contribution in [0.5, 0.6) is 11.5 Å². The Morgan fingerprint density at radius 2 is 1.78 bits per heavy atom. The predicted octanol–water partition coefficient (Wildman–Crippen LogP) is 4.63. The van der Waals surface area contributed by atoms with Crippen molar-refractivity contribution in [3.63, 3.8) is 0 Å². The lowest BCUT2D eigenvalue weighted by Gasteiger charge is -2.20. The molecule has 0 saturated carbocycles. The van der Waals surface area contributed by atoms with Crippen LogP contribution in [0.3, 0.4) is 0 Å². The molecule has 36 heavy (non-hydrogen) atoms. The van der Waals surface area contributed by atoms with Gasteiger partial charge in [0, 0.05) is 35.2 Å². The minimum atomic E-state index is -1.08. The number of aliphatic hydroxyl groups is 2. The molecule has 0 aliphatic heterocycles. The van der Waals surface area contributed by atoms with Crippen molar-refractivity contribution in [3.8, 4) is 22.6 Å². The van der Waals surface area contributed by atoms with Crippen LogP contribution in [0, 0.1) is 0 Å². The first-order valence-corrected chi connectivity index (χ1v) is 12.0. The topological polar surface area (TPSA) is 104 Å². The number of ether oxygens (including phenoxy) is 2. The van der Waals surface area contributed by atoms with E-state index in [0.717, 1.165) is 33.2 Å². The lowest BCUT2D eigenvalue weighted by molar-refractivity contribution is 0.0728. The van der Waals surface area contributed by atoms with E-state index in [4.69, 9.17) is 9.47 Å². The molecule has 0 aliphatic carbocycles. The first kappa shape index (κ1) is 25.3. The third kappa shape index (κ3) is 5.37. The van der Waals surface area contributed by atoms with Crippen LogP contribution in [0.25, 0.3) is 22.0 Å². The average Bonchev–Trinajstić information content (AvgIpc) is 3.34. The van der Waals surface area contributed by atoms with Crippen molar-refractivity contribution < 1.29 is 24.5 Å². The number of H-pyrrole nitrogens is 1. The number of nitrogens with one attached hydrogen (secondary N) is 2. The van der Waals surface area contributed by atoms with Gasteiger partial charge in [-0.1, -0.05) is 37.3 Å². The number of benzene rings is 3. The highest BCUT2D eigenvalue weighted by Gasteiger charge is 2.22. The number of aromatic nitrogens is 1. The zero-order chi connectivity index (χ0) is 25.7. The maximum Gasteiger partial charge on any atom is 0.253 e. The van der Waals surface area contributed by atoms with Crippen LogP contribution >= 0.6 is 0 Å². The van der Waals surface area contributed by atoms with Gasteiger partial charge in [-0.3, -0.25) is 4.79 Å². The van der Waals surface area contributed by atoms with Crippen LogP contribution in [-0.4, -0.2) is 48.2 Å². The van der Waals surface area contributed by atoms with Crippen molar-refractivity contribution in [2.24, 2.45) is 0 Å². The summed E-state index contributed by atoms with van der Waals surface area (Å²) in [6, 6.07) is 19.0. The monoisotopic (exact) mass is 488 g/mol. The molecule has 0 bridgehead atoms. The Labute approximate surface area is 210 Å². The molecule has 0 saturated heterocycles. The largest absolute Gasteiger partial charge is 0.493 e. The number of carbonyl (C=O) groups is 1. The van der Waals surface area contributed by atoms with Gasteiger partial charge in [-0.15, -0.1) is 0 Å². The summed E-state index contributed by atoms with van der Waals surface area (Å²) in [6.07, 6.45) is 1.99. The molecule has 4 aromatic rings. The lowest BCUT2D eigenvalue weighted by Crippen LogP contribution is -2.38. The molecule has 2 atom stereocenters. The van der Waals surface area contributed by atoms with Gasteiger partial charge in [0.15, 0.2) is 11.5 Å². The zero-order valence-electron chi connectivity index (χ0n) is 20.7. The minimum absolute atomic E-state index is 0.0585. The second kappa shape index (κ2) is 11.3. The molecule has 1 aromatic heterocycles. The van der Waals surface area contributed by atoms with Crippen LogP contribution in [0.1, 0.15) is 40.7 Å². The van der Waals surface area contributed by atoms with E-state index in [0.29, 0.717) is 29.9 Å². The van der Waals surface area contributed by atoms with Crippen LogP contribution in [-0.2, 0) is 6.42 Å². The Hall–Kier alpha value is -3.81. The quantitative estimate of drug-likeness (QED) is 0.244. The fraction of sp³-hybridized carbons (Fsp3) is 0.276. The third-order valence-corrected chi connectivity index (χ3v) is 6.46. The van der Waals surface area contributed by atoms with E-state index >= 15 is 0 Å². The number of rotatable bonds is 10. The maximum absolute atomic E-state index is 13.3. The van der Waals surface area contributed by atoms with Crippen LogP contribution in [0.2, 0.25) is 0 Å². The lowest BCUT2D eigenvalue weighted by atomic mass is 9.96. The average molecular weight is 489 g/mol. The van der Waals surface area contributed by atoms with E-state index < -0.39 is 6.23 Å². The molecule has 0 radical (unpaired) electrons. The number of methoxy groups -OCH3 is 2.